The lowest BCUT2D eigenvalue weighted by Crippen LogP contribution is -2.54. The second-order valence-corrected chi connectivity index (χ2v) is 7.31. The first-order chi connectivity index (χ1) is 15.9. The number of rotatable bonds is 6. The van der Waals surface area contributed by atoms with Crippen LogP contribution in [0, 0.1) is 0 Å². The van der Waals surface area contributed by atoms with Gasteiger partial charge in [0.25, 0.3) is 11.8 Å². The summed E-state index contributed by atoms with van der Waals surface area (Å²) < 4.78 is 11.2. The maximum atomic E-state index is 13.2. The second-order valence-electron chi connectivity index (χ2n) is 6.92. The van der Waals surface area contributed by atoms with Gasteiger partial charge in [-0.05, 0) is 49.5 Å². The highest BCUT2D eigenvalue weighted by Crippen LogP contribution is 2.29. The zero-order valence-electron chi connectivity index (χ0n) is 17.4. The number of furan rings is 1. The molecule has 2 amide bonds. The lowest BCUT2D eigenvalue weighted by Gasteiger charge is -2.29. The van der Waals surface area contributed by atoms with Gasteiger partial charge in [-0.25, -0.2) is 0 Å². The normalized spacial score (nSPS) is 15.0. The minimum atomic E-state index is -1.35. The van der Waals surface area contributed by atoms with Gasteiger partial charge in [-0.15, -0.1) is 0 Å². The van der Waals surface area contributed by atoms with Crippen LogP contribution in [0.2, 0.25) is 0 Å². The highest BCUT2D eigenvalue weighted by atomic mass is 32.1. The van der Waals surface area contributed by atoms with Crippen molar-refractivity contribution in [1.82, 2.24) is 5.32 Å². The fourth-order valence-electron chi connectivity index (χ4n) is 3.36. The summed E-state index contributed by atoms with van der Waals surface area (Å²) in [6.45, 7) is 2.29. The average molecular weight is 461 g/mol. The Morgan fingerprint density at radius 2 is 1.94 bits per heavy atom. The molecule has 33 heavy (non-hydrogen) atoms. The number of nitrogens with one attached hydrogen (secondary N) is 1. The zero-order valence-corrected chi connectivity index (χ0v) is 18.2. The molecule has 2 heterocycles. The number of carboxylic acids is 1. The highest BCUT2D eigenvalue weighted by Gasteiger charge is 2.35. The Labute approximate surface area is 194 Å². The quantitative estimate of drug-likeness (QED) is 0.341. The van der Waals surface area contributed by atoms with Crippen LogP contribution < -0.4 is 20.1 Å². The smallest absolute Gasteiger partial charge is 0.270 e. The van der Waals surface area contributed by atoms with Gasteiger partial charge in [-0.2, -0.15) is 0 Å². The van der Waals surface area contributed by atoms with Gasteiger partial charge in [0, 0.05) is 17.2 Å². The van der Waals surface area contributed by atoms with Crippen molar-refractivity contribution in [2.24, 2.45) is 0 Å². The van der Waals surface area contributed by atoms with Crippen molar-refractivity contribution < 1.29 is 28.6 Å². The van der Waals surface area contributed by atoms with Gasteiger partial charge in [-0.3, -0.25) is 19.8 Å². The lowest BCUT2D eigenvalue weighted by molar-refractivity contribution is -0.255. The van der Waals surface area contributed by atoms with Gasteiger partial charge in [-0.1, -0.05) is 30.3 Å². The van der Waals surface area contributed by atoms with Gasteiger partial charge >= 0.3 is 0 Å². The van der Waals surface area contributed by atoms with E-state index in [0.717, 1.165) is 0 Å². The fraction of sp³-hybridized carbons (Fsp3) is 0.0833. The average Bonchev–Trinajstić information content (AvgIpc) is 3.25. The Bertz CT molecular complexity index is 1310. The molecule has 2 aromatic carbocycles. The van der Waals surface area contributed by atoms with Crippen LogP contribution in [0.15, 0.2) is 70.7 Å². The highest BCUT2D eigenvalue weighted by molar-refractivity contribution is 7.80. The van der Waals surface area contributed by atoms with E-state index in [-0.39, 0.29) is 27.8 Å². The number of thiocarbonyl (C=S) groups is 1. The molecule has 1 aromatic heterocycles. The first kappa shape index (κ1) is 22.0. The topological polar surface area (TPSA) is 112 Å². The Morgan fingerprint density at radius 3 is 2.70 bits per heavy atom. The fourth-order valence-corrected chi connectivity index (χ4v) is 3.65. The maximum Gasteiger partial charge on any atom is 0.270 e. The minimum Gasteiger partial charge on any atom is -0.545 e. The lowest BCUT2D eigenvalue weighted by atomic mass is 10.1. The third-order valence-corrected chi connectivity index (χ3v) is 5.10. The van der Waals surface area contributed by atoms with E-state index in [9.17, 15) is 19.5 Å². The molecular formula is C24H17N2O6S-. The van der Waals surface area contributed by atoms with Gasteiger partial charge in [0.2, 0.25) is 0 Å². The number of anilines is 1. The molecule has 1 aliphatic rings. The summed E-state index contributed by atoms with van der Waals surface area (Å²) in [6.07, 6.45) is 1.28. The predicted molar refractivity (Wildman–Crippen MR) is 122 cm³/mol. The minimum absolute atomic E-state index is 0.0387. The van der Waals surface area contributed by atoms with Crippen LogP contribution in [-0.4, -0.2) is 29.5 Å². The van der Waals surface area contributed by atoms with E-state index in [1.807, 2.05) is 6.92 Å². The van der Waals surface area contributed by atoms with Crippen LogP contribution >= 0.6 is 12.2 Å². The molecule has 0 bridgehead atoms. The second kappa shape index (κ2) is 9.09. The van der Waals surface area contributed by atoms with Crippen LogP contribution in [0.3, 0.4) is 0 Å². The molecule has 0 aliphatic carbocycles. The number of hydrogen-bond acceptors (Lipinski definition) is 7. The van der Waals surface area contributed by atoms with Crippen LogP contribution in [0.25, 0.3) is 17.4 Å². The number of nitrogens with zero attached hydrogens (tertiary/aromatic N) is 1. The van der Waals surface area contributed by atoms with E-state index in [1.54, 1.807) is 48.5 Å². The number of carbonyl (C=O) groups is 3. The zero-order chi connectivity index (χ0) is 23.5. The van der Waals surface area contributed by atoms with Crippen LogP contribution in [0.5, 0.6) is 5.75 Å². The van der Waals surface area contributed by atoms with Crippen molar-refractivity contribution in [1.29, 1.82) is 0 Å². The summed E-state index contributed by atoms with van der Waals surface area (Å²) in [5.41, 5.74) is 0.518. The Hall–Kier alpha value is -4.24. The van der Waals surface area contributed by atoms with E-state index in [2.05, 4.69) is 5.32 Å². The summed E-state index contributed by atoms with van der Waals surface area (Å²) in [7, 11) is 0. The maximum absolute atomic E-state index is 13.2. The summed E-state index contributed by atoms with van der Waals surface area (Å²) in [4.78, 5) is 38.3. The molecule has 0 radical (unpaired) electrons. The molecule has 0 spiro atoms. The predicted octanol–water partition coefficient (Wildman–Crippen LogP) is 2.54. The number of aromatic carboxylic acids is 1. The van der Waals surface area contributed by atoms with Crippen molar-refractivity contribution in [3.05, 3.63) is 77.6 Å². The molecule has 166 valence electrons. The molecule has 1 N–H and O–H groups in total. The summed E-state index contributed by atoms with van der Waals surface area (Å²) in [6, 6.07) is 16.1. The van der Waals surface area contributed by atoms with E-state index in [0.29, 0.717) is 23.6 Å². The van der Waals surface area contributed by atoms with Gasteiger partial charge in [0.15, 0.2) is 5.11 Å². The molecule has 0 atom stereocenters. The van der Waals surface area contributed by atoms with Crippen molar-refractivity contribution in [3.63, 3.8) is 0 Å². The van der Waals surface area contributed by atoms with E-state index in [4.69, 9.17) is 21.4 Å². The molecule has 1 fully saturated rings. The molecule has 4 rings (SSSR count). The number of amides is 2. The number of benzene rings is 2. The Kier molecular flexibility index (Phi) is 6.05. The van der Waals surface area contributed by atoms with Crippen LogP contribution in [0.1, 0.15) is 23.0 Å². The van der Waals surface area contributed by atoms with E-state index in [1.165, 1.54) is 23.1 Å². The molecule has 0 saturated carbocycles. The van der Waals surface area contributed by atoms with Gasteiger partial charge in [0.05, 0.1) is 18.3 Å². The van der Waals surface area contributed by atoms with E-state index < -0.39 is 17.8 Å². The first-order valence-electron chi connectivity index (χ1n) is 9.94. The van der Waals surface area contributed by atoms with Crippen LogP contribution in [-0.2, 0) is 9.59 Å². The van der Waals surface area contributed by atoms with Crippen molar-refractivity contribution in [2.75, 3.05) is 11.5 Å². The molecule has 1 aliphatic heterocycles. The Balaban J connectivity index is 1.68. The van der Waals surface area contributed by atoms with E-state index >= 15 is 0 Å². The van der Waals surface area contributed by atoms with Crippen molar-refractivity contribution >= 4 is 46.9 Å². The Morgan fingerprint density at radius 1 is 1.15 bits per heavy atom. The van der Waals surface area contributed by atoms with Crippen molar-refractivity contribution in [3.8, 4) is 17.1 Å². The standard InChI is InChI=1S/C24H18N2O6S/c1-2-31-15-7-5-6-14(12-15)26-22(28)19(21(27)25-24(26)33)13-16-10-11-20(32-16)17-8-3-4-9-18(17)23(29)30/h3-13H,2H2,1H3,(H,29,30)(H,25,27,33)/p-1/b19-13+. The third kappa shape index (κ3) is 4.39. The molecule has 9 heteroatoms. The number of carbonyl (C=O) groups excluding carboxylic acids is 3. The summed E-state index contributed by atoms with van der Waals surface area (Å²) in [5.74, 6) is -1.66. The molecule has 3 aromatic rings. The third-order valence-electron chi connectivity index (χ3n) is 4.81. The number of hydrogen-bond donors (Lipinski definition) is 1. The summed E-state index contributed by atoms with van der Waals surface area (Å²) in [5, 5.41) is 13.8. The van der Waals surface area contributed by atoms with Gasteiger partial charge < -0.3 is 19.1 Å². The van der Waals surface area contributed by atoms with Crippen LogP contribution in [0.4, 0.5) is 5.69 Å². The monoisotopic (exact) mass is 461 g/mol. The molecule has 8 nitrogen and oxygen atoms in total. The van der Waals surface area contributed by atoms with Crippen molar-refractivity contribution in [2.45, 2.75) is 6.92 Å². The molecule has 0 unspecified atom stereocenters. The number of ether oxygens (including phenoxy) is 1. The first-order valence-corrected chi connectivity index (χ1v) is 10.3. The number of carboxylic acid groups (broad SMARTS) is 1. The summed E-state index contributed by atoms with van der Waals surface area (Å²) >= 11 is 5.22. The largest absolute Gasteiger partial charge is 0.545 e. The SMILES string of the molecule is CCOc1cccc(N2C(=O)/C(=C/c3ccc(-c4ccccc4C(=O)[O-])o3)C(=O)NC2=S)c1. The van der Waals surface area contributed by atoms with Gasteiger partial charge in [0.1, 0.15) is 22.8 Å². The molecule has 1 saturated heterocycles. The molecular weight excluding hydrogens is 444 g/mol.